The third kappa shape index (κ3) is 2.84. The molecule has 0 spiro atoms. The highest BCUT2D eigenvalue weighted by Crippen LogP contribution is 2.25. The van der Waals surface area contributed by atoms with Crippen molar-refractivity contribution in [3.8, 4) is 5.75 Å². The summed E-state index contributed by atoms with van der Waals surface area (Å²) in [6.45, 7) is 2.25. The van der Waals surface area contributed by atoms with Crippen molar-refractivity contribution < 1.29 is 9.47 Å². The number of para-hydroxylation sites is 1. The highest BCUT2D eigenvalue weighted by Gasteiger charge is 2.05. The monoisotopic (exact) mass is 218 g/mol. The van der Waals surface area contributed by atoms with E-state index >= 15 is 0 Å². The van der Waals surface area contributed by atoms with Crippen molar-refractivity contribution in [3.05, 3.63) is 23.8 Å². The minimum absolute atomic E-state index is 0.228. The van der Waals surface area contributed by atoms with Crippen LogP contribution < -0.4 is 10.0 Å². The van der Waals surface area contributed by atoms with E-state index in [4.69, 9.17) is 20.7 Å². The molecule has 0 saturated carbocycles. The molecule has 4 heteroatoms. The van der Waals surface area contributed by atoms with E-state index in [1.54, 1.807) is 7.11 Å². The molecule has 1 atom stereocenters. The first-order valence-corrected chi connectivity index (χ1v) is 5.88. The van der Waals surface area contributed by atoms with Gasteiger partial charge in [-0.25, -0.2) is 0 Å². The average molecular weight is 219 g/mol. The van der Waals surface area contributed by atoms with Crippen LogP contribution in [0.25, 0.3) is 0 Å². The molecule has 72 valence electrons. The molecule has 1 unspecified atom stereocenters. The number of hydrogen-bond donors (Lipinski definition) is 0. The first-order valence-electron chi connectivity index (χ1n) is 3.87. The zero-order valence-electron chi connectivity index (χ0n) is 7.63. The summed E-state index contributed by atoms with van der Waals surface area (Å²) >= 11 is 5.79. The summed E-state index contributed by atoms with van der Waals surface area (Å²) in [5.74, 6) is 0.845. The molecule has 13 heavy (non-hydrogen) atoms. The van der Waals surface area contributed by atoms with Crippen LogP contribution in [-0.2, 0) is 4.74 Å². The Morgan fingerprint density at radius 1 is 1.46 bits per heavy atom. The highest BCUT2D eigenvalue weighted by molar-refractivity contribution is 7.75. The van der Waals surface area contributed by atoms with Crippen molar-refractivity contribution in [2.75, 3.05) is 13.9 Å². The third-order valence-electron chi connectivity index (χ3n) is 1.63. The summed E-state index contributed by atoms with van der Waals surface area (Å²) in [4.78, 5) is 0. The van der Waals surface area contributed by atoms with Gasteiger partial charge >= 0.3 is 0 Å². The van der Waals surface area contributed by atoms with Gasteiger partial charge in [0.15, 0.2) is 6.79 Å². The van der Waals surface area contributed by atoms with Gasteiger partial charge in [0.2, 0.25) is 0 Å². The van der Waals surface area contributed by atoms with Crippen molar-refractivity contribution >= 4 is 24.5 Å². The Labute approximate surface area is 84.8 Å². The second-order valence-corrected chi connectivity index (χ2v) is 3.89. The number of rotatable bonds is 4. The maximum absolute atomic E-state index is 5.79. The van der Waals surface area contributed by atoms with E-state index in [9.17, 15) is 0 Å². The molecule has 0 fully saturated rings. The van der Waals surface area contributed by atoms with Gasteiger partial charge in [-0.2, -0.15) is 0 Å². The van der Waals surface area contributed by atoms with E-state index in [2.05, 4.69) is 0 Å². The molecule has 1 aromatic carbocycles. The first kappa shape index (κ1) is 10.8. The predicted molar refractivity (Wildman–Crippen MR) is 57.5 cm³/mol. The summed E-state index contributed by atoms with van der Waals surface area (Å²) in [5.41, 5.74) is 1.09. The molecule has 0 aliphatic heterocycles. The van der Waals surface area contributed by atoms with E-state index in [1.165, 1.54) is 0 Å². The van der Waals surface area contributed by atoms with Crippen LogP contribution in [0.15, 0.2) is 18.2 Å². The van der Waals surface area contributed by atoms with Gasteiger partial charge in [0, 0.05) is 20.3 Å². The fourth-order valence-electron chi connectivity index (χ4n) is 1.04. The molecule has 0 radical (unpaired) electrons. The molecule has 0 aliphatic rings. The Morgan fingerprint density at radius 3 is 2.85 bits per heavy atom. The first-order chi connectivity index (χ1) is 6.29. The molecular formula is C9H12ClO2P. The normalized spacial score (nSPS) is 11.0. The molecule has 0 bridgehead atoms. The second-order valence-electron chi connectivity index (χ2n) is 2.60. The molecule has 0 saturated heterocycles. The minimum atomic E-state index is 0.228. The van der Waals surface area contributed by atoms with Gasteiger partial charge in [-0.1, -0.05) is 23.4 Å². The van der Waals surface area contributed by atoms with Crippen molar-refractivity contribution in [2.45, 2.75) is 6.92 Å². The smallest absolute Gasteiger partial charge is 0.188 e. The molecular weight excluding hydrogens is 207 g/mol. The molecule has 0 heterocycles. The topological polar surface area (TPSA) is 18.5 Å². The van der Waals surface area contributed by atoms with Crippen molar-refractivity contribution in [3.63, 3.8) is 0 Å². The minimum Gasteiger partial charge on any atom is -0.467 e. The van der Waals surface area contributed by atoms with E-state index in [-0.39, 0.29) is 14.7 Å². The Kier molecular flexibility index (Phi) is 4.51. The van der Waals surface area contributed by atoms with Crippen LogP contribution in [0.1, 0.15) is 5.56 Å². The molecule has 1 aromatic rings. The number of halogens is 1. The second kappa shape index (κ2) is 5.43. The van der Waals surface area contributed by atoms with Gasteiger partial charge < -0.3 is 9.47 Å². The fourth-order valence-corrected chi connectivity index (χ4v) is 2.00. The summed E-state index contributed by atoms with van der Waals surface area (Å²) in [5, 5.41) is 1.03. The molecule has 0 aliphatic carbocycles. The van der Waals surface area contributed by atoms with Crippen LogP contribution in [0.3, 0.4) is 0 Å². The lowest BCUT2D eigenvalue weighted by Crippen LogP contribution is -2.07. The summed E-state index contributed by atoms with van der Waals surface area (Å²) in [7, 11) is 1.83. The average Bonchev–Trinajstić information content (AvgIpc) is 2.15. The molecule has 1 rings (SSSR count). The molecule has 2 nitrogen and oxygen atoms in total. The summed E-state index contributed by atoms with van der Waals surface area (Å²) in [6, 6.07) is 5.93. The van der Waals surface area contributed by atoms with E-state index in [0.717, 1.165) is 16.6 Å². The third-order valence-corrected chi connectivity index (χ3v) is 2.84. The standard InChI is InChI=1S/C9H12ClO2P/c1-7-4-3-5-8(13-10)9(7)12-6-11-2/h3-5,13H,6H2,1-2H3. The van der Waals surface area contributed by atoms with Crippen LogP contribution in [-0.4, -0.2) is 13.9 Å². The Morgan fingerprint density at radius 2 is 2.23 bits per heavy atom. The fraction of sp³-hybridized carbons (Fsp3) is 0.333. The lowest BCUT2D eigenvalue weighted by molar-refractivity contribution is 0.0514. The lowest BCUT2D eigenvalue weighted by Gasteiger charge is -2.11. The zero-order chi connectivity index (χ0) is 9.68. The van der Waals surface area contributed by atoms with Crippen molar-refractivity contribution in [2.24, 2.45) is 0 Å². The Balaban J connectivity index is 2.87. The predicted octanol–water partition coefficient (Wildman–Crippen LogP) is 2.44. The molecule has 0 amide bonds. The Hall–Kier alpha value is -0.300. The number of hydrogen-bond acceptors (Lipinski definition) is 2. The lowest BCUT2D eigenvalue weighted by atomic mass is 10.2. The number of benzene rings is 1. The number of aryl methyl sites for hydroxylation is 1. The molecule has 0 aromatic heterocycles. The van der Waals surface area contributed by atoms with Crippen LogP contribution in [0, 0.1) is 6.92 Å². The summed E-state index contributed by atoms with van der Waals surface area (Å²) in [6.07, 6.45) is 0. The zero-order valence-corrected chi connectivity index (χ0v) is 9.39. The maximum Gasteiger partial charge on any atom is 0.188 e. The van der Waals surface area contributed by atoms with E-state index in [1.807, 2.05) is 25.1 Å². The van der Waals surface area contributed by atoms with Gasteiger partial charge in [0.25, 0.3) is 0 Å². The number of ether oxygens (including phenoxy) is 2. The van der Waals surface area contributed by atoms with Crippen molar-refractivity contribution in [1.29, 1.82) is 0 Å². The van der Waals surface area contributed by atoms with Gasteiger partial charge in [-0.3, -0.25) is 0 Å². The van der Waals surface area contributed by atoms with E-state index in [0.29, 0.717) is 0 Å². The largest absolute Gasteiger partial charge is 0.467 e. The highest BCUT2D eigenvalue weighted by atomic mass is 35.7. The maximum atomic E-state index is 5.79. The molecule has 0 N–H and O–H groups in total. The number of methoxy groups -OCH3 is 1. The SMILES string of the molecule is COCOc1c(C)cccc1PCl. The Bertz CT molecular complexity index is 278. The van der Waals surface area contributed by atoms with Gasteiger partial charge in [0.05, 0.1) is 0 Å². The van der Waals surface area contributed by atoms with Gasteiger partial charge in [-0.05, 0) is 18.6 Å². The van der Waals surface area contributed by atoms with Crippen LogP contribution in [0.4, 0.5) is 0 Å². The quantitative estimate of drug-likeness (QED) is 0.571. The van der Waals surface area contributed by atoms with Gasteiger partial charge in [-0.15, -0.1) is 0 Å². The van der Waals surface area contributed by atoms with Crippen LogP contribution >= 0.6 is 19.2 Å². The van der Waals surface area contributed by atoms with Crippen molar-refractivity contribution in [1.82, 2.24) is 0 Å². The summed E-state index contributed by atoms with van der Waals surface area (Å²) < 4.78 is 10.2. The van der Waals surface area contributed by atoms with Crippen LogP contribution in [0.2, 0.25) is 0 Å². The van der Waals surface area contributed by atoms with E-state index < -0.39 is 0 Å². The van der Waals surface area contributed by atoms with Crippen LogP contribution in [0.5, 0.6) is 5.75 Å². The van der Waals surface area contributed by atoms with Gasteiger partial charge in [0.1, 0.15) is 5.75 Å².